The average molecular weight is 144 g/mol. The second-order valence-corrected chi connectivity index (χ2v) is 2.67. The highest BCUT2D eigenvalue weighted by atomic mass is 14.9. The molecule has 0 radical (unpaired) electrons. The van der Waals surface area contributed by atoms with Crippen LogP contribution in [0, 0.1) is 6.57 Å². The van der Waals surface area contributed by atoms with Crippen molar-refractivity contribution in [3.05, 3.63) is 40.7 Å². The molecule has 0 saturated carbocycles. The third-order valence-corrected chi connectivity index (χ3v) is 1.95. The highest BCUT2D eigenvalue weighted by Gasteiger charge is 2.08. The minimum Gasteiger partial charge on any atom is -0.309 e. The van der Waals surface area contributed by atoms with Crippen molar-refractivity contribution >= 4 is 5.69 Å². The Morgan fingerprint density at radius 2 is 2.09 bits per heavy atom. The van der Waals surface area contributed by atoms with Crippen molar-refractivity contribution in [1.82, 2.24) is 5.32 Å². The maximum atomic E-state index is 6.81. The van der Waals surface area contributed by atoms with E-state index in [0.29, 0.717) is 0 Å². The SMILES string of the molecule is [C-]#[N+]c1ccc2c(c1)CNC2. The van der Waals surface area contributed by atoms with E-state index in [2.05, 4.69) is 10.2 Å². The molecule has 54 valence electrons. The van der Waals surface area contributed by atoms with Gasteiger partial charge in [-0.15, -0.1) is 0 Å². The minimum absolute atomic E-state index is 0.743. The first-order chi connectivity index (χ1) is 5.40. The third kappa shape index (κ3) is 0.997. The average Bonchev–Trinajstić information content (AvgIpc) is 2.50. The van der Waals surface area contributed by atoms with Crippen molar-refractivity contribution in [1.29, 1.82) is 0 Å². The summed E-state index contributed by atoms with van der Waals surface area (Å²) in [6.45, 7) is 8.68. The van der Waals surface area contributed by atoms with E-state index >= 15 is 0 Å². The number of fused-ring (bicyclic) bond motifs is 1. The number of nitrogens with one attached hydrogen (secondary N) is 1. The van der Waals surface area contributed by atoms with E-state index in [0.717, 1.165) is 18.8 Å². The molecule has 0 atom stereocenters. The van der Waals surface area contributed by atoms with Gasteiger partial charge < -0.3 is 5.32 Å². The lowest BCUT2D eigenvalue weighted by Crippen LogP contribution is -1.99. The van der Waals surface area contributed by atoms with Crippen molar-refractivity contribution in [2.75, 3.05) is 0 Å². The molecule has 11 heavy (non-hydrogen) atoms. The zero-order valence-corrected chi connectivity index (χ0v) is 6.09. The van der Waals surface area contributed by atoms with Crippen LogP contribution in [0.5, 0.6) is 0 Å². The van der Waals surface area contributed by atoms with Gasteiger partial charge in [0.2, 0.25) is 0 Å². The Morgan fingerprint density at radius 3 is 2.91 bits per heavy atom. The van der Waals surface area contributed by atoms with E-state index in [1.807, 2.05) is 18.2 Å². The van der Waals surface area contributed by atoms with Crippen LogP contribution in [-0.2, 0) is 13.1 Å². The lowest BCUT2D eigenvalue weighted by Gasteiger charge is -1.95. The Hall–Kier alpha value is -1.33. The molecule has 2 rings (SSSR count). The lowest BCUT2D eigenvalue weighted by molar-refractivity contribution is 0.765. The fourth-order valence-corrected chi connectivity index (χ4v) is 1.35. The Kier molecular flexibility index (Phi) is 1.38. The Balaban J connectivity index is 2.51. The molecule has 0 amide bonds. The summed E-state index contributed by atoms with van der Waals surface area (Å²) in [5, 5.41) is 3.24. The number of benzene rings is 1. The number of rotatable bonds is 0. The molecule has 1 heterocycles. The first kappa shape index (κ1) is 6.38. The molecular weight excluding hydrogens is 136 g/mol. The normalized spacial score (nSPS) is 14.1. The van der Waals surface area contributed by atoms with Gasteiger partial charge in [0.1, 0.15) is 0 Å². The molecule has 2 heteroatoms. The number of hydrogen-bond acceptors (Lipinski definition) is 1. The smallest absolute Gasteiger partial charge is 0.187 e. The van der Waals surface area contributed by atoms with Crippen LogP contribution in [-0.4, -0.2) is 0 Å². The highest BCUT2D eigenvalue weighted by molar-refractivity contribution is 5.50. The molecule has 0 aliphatic carbocycles. The van der Waals surface area contributed by atoms with Gasteiger partial charge in [-0.05, 0) is 11.1 Å². The van der Waals surface area contributed by atoms with E-state index in [1.54, 1.807) is 0 Å². The quantitative estimate of drug-likeness (QED) is 0.549. The lowest BCUT2D eigenvalue weighted by atomic mass is 10.1. The molecule has 0 saturated heterocycles. The zero-order valence-electron chi connectivity index (χ0n) is 6.09. The molecule has 0 unspecified atom stereocenters. The molecule has 1 aliphatic rings. The van der Waals surface area contributed by atoms with Crippen LogP contribution >= 0.6 is 0 Å². The fraction of sp³-hybridized carbons (Fsp3) is 0.222. The van der Waals surface area contributed by atoms with E-state index < -0.39 is 0 Å². The highest BCUT2D eigenvalue weighted by Crippen LogP contribution is 2.21. The maximum absolute atomic E-state index is 6.81. The second-order valence-electron chi connectivity index (χ2n) is 2.67. The number of hydrogen-bond donors (Lipinski definition) is 1. The van der Waals surface area contributed by atoms with Gasteiger partial charge >= 0.3 is 0 Å². The third-order valence-electron chi connectivity index (χ3n) is 1.95. The van der Waals surface area contributed by atoms with Gasteiger partial charge in [-0.3, -0.25) is 0 Å². The molecule has 0 bridgehead atoms. The van der Waals surface area contributed by atoms with Crippen molar-refractivity contribution in [2.45, 2.75) is 13.1 Å². The molecule has 1 aromatic rings. The van der Waals surface area contributed by atoms with Gasteiger partial charge in [-0.1, -0.05) is 18.2 Å². The van der Waals surface area contributed by atoms with Crippen LogP contribution in [0.15, 0.2) is 18.2 Å². The molecule has 1 aromatic carbocycles. The monoisotopic (exact) mass is 144 g/mol. The van der Waals surface area contributed by atoms with Crippen LogP contribution in [0.1, 0.15) is 11.1 Å². The summed E-state index contributed by atoms with van der Waals surface area (Å²) < 4.78 is 0. The predicted molar refractivity (Wildman–Crippen MR) is 43.2 cm³/mol. The molecule has 0 spiro atoms. The van der Waals surface area contributed by atoms with Crippen LogP contribution in [0.3, 0.4) is 0 Å². The molecule has 0 aromatic heterocycles. The summed E-state index contributed by atoms with van der Waals surface area (Å²) in [7, 11) is 0. The Morgan fingerprint density at radius 1 is 1.27 bits per heavy atom. The summed E-state index contributed by atoms with van der Waals surface area (Å²) in [4.78, 5) is 3.37. The van der Waals surface area contributed by atoms with E-state index in [9.17, 15) is 0 Å². The minimum atomic E-state index is 0.743. The van der Waals surface area contributed by atoms with E-state index in [1.165, 1.54) is 11.1 Å². The predicted octanol–water partition coefficient (Wildman–Crippen LogP) is 1.84. The van der Waals surface area contributed by atoms with Gasteiger partial charge in [0, 0.05) is 13.1 Å². The fourth-order valence-electron chi connectivity index (χ4n) is 1.35. The van der Waals surface area contributed by atoms with Gasteiger partial charge in [0.05, 0.1) is 6.57 Å². The van der Waals surface area contributed by atoms with Gasteiger partial charge in [-0.2, -0.15) is 0 Å². The van der Waals surface area contributed by atoms with Crippen LogP contribution in [0.2, 0.25) is 0 Å². The van der Waals surface area contributed by atoms with Gasteiger partial charge in [-0.25, -0.2) is 4.85 Å². The van der Waals surface area contributed by atoms with Gasteiger partial charge in [0.15, 0.2) is 5.69 Å². The Bertz CT molecular complexity index is 323. The van der Waals surface area contributed by atoms with Gasteiger partial charge in [0.25, 0.3) is 0 Å². The topological polar surface area (TPSA) is 16.4 Å². The summed E-state index contributed by atoms with van der Waals surface area (Å²) in [5.41, 5.74) is 3.35. The molecule has 1 N–H and O–H groups in total. The van der Waals surface area contributed by atoms with Crippen LogP contribution < -0.4 is 5.32 Å². The first-order valence-corrected chi connectivity index (χ1v) is 3.60. The second kappa shape index (κ2) is 2.37. The van der Waals surface area contributed by atoms with Crippen LogP contribution in [0.25, 0.3) is 4.85 Å². The molecule has 1 aliphatic heterocycles. The van der Waals surface area contributed by atoms with Crippen molar-refractivity contribution < 1.29 is 0 Å². The van der Waals surface area contributed by atoms with Crippen molar-refractivity contribution in [3.63, 3.8) is 0 Å². The molecule has 2 nitrogen and oxygen atoms in total. The summed E-state index contributed by atoms with van der Waals surface area (Å²) >= 11 is 0. The first-order valence-electron chi connectivity index (χ1n) is 3.60. The van der Waals surface area contributed by atoms with E-state index in [4.69, 9.17) is 6.57 Å². The maximum Gasteiger partial charge on any atom is 0.187 e. The standard InChI is InChI=1S/C9H8N2/c1-10-9-3-2-7-5-11-6-8(7)4-9/h2-4,11H,5-6H2. The summed E-state index contributed by atoms with van der Waals surface area (Å²) in [6.07, 6.45) is 0. The van der Waals surface area contributed by atoms with Crippen molar-refractivity contribution in [2.24, 2.45) is 0 Å². The summed E-state index contributed by atoms with van der Waals surface area (Å²) in [6, 6.07) is 5.86. The number of nitrogens with zero attached hydrogens (tertiary/aromatic N) is 1. The zero-order chi connectivity index (χ0) is 7.68. The van der Waals surface area contributed by atoms with Crippen molar-refractivity contribution in [3.8, 4) is 0 Å². The van der Waals surface area contributed by atoms with Crippen LogP contribution in [0.4, 0.5) is 5.69 Å². The van der Waals surface area contributed by atoms with E-state index in [-0.39, 0.29) is 0 Å². The Labute approximate surface area is 65.7 Å². The molecular formula is C9H8N2. The molecule has 0 fully saturated rings. The largest absolute Gasteiger partial charge is 0.309 e. The summed E-state index contributed by atoms with van der Waals surface area (Å²) in [5.74, 6) is 0.